The molecule has 0 bridgehead atoms. The van der Waals surface area contributed by atoms with Crippen molar-refractivity contribution >= 4 is 29.9 Å². The summed E-state index contributed by atoms with van der Waals surface area (Å²) in [7, 11) is 5.10. The molecule has 0 saturated carbocycles. The normalized spacial score (nSPS) is 12.3. The van der Waals surface area contributed by atoms with E-state index in [0.29, 0.717) is 13.2 Å². The van der Waals surface area contributed by atoms with E-state index < -0.39 is 0 Å². The van der Waals surface area contributed by atoms with Crippen LogP contribution < -0.4 is 15.4 Å². The van der Waals surface area contributed by atoms with Gasteiger partial charge in [-0.3, -0.25) is 4.99 Å². The van der Waals surface area contributed by atoms with Gasteiger partial charge in [0.25, 0.3) is 0 Å². The van der Waals surface area contributed by atoms with Gasteiger partial charge in [-0.25, -0.2) is 0 Å². The van der Waals surface area contributed by atoms with Crippen molar-refractivity contribution in [2.24, 2.45) is 4.99 Å². The molecule has 1 aromatic carbocycles. The van der Waals surface area contributed by atoms with Crippen molar-refractivity contribution in [1.29, 1.82) is 0 Å². The van der Waals surface area contributed by atoms with E-state index >= 15 is 0 Å². The van der Waals surface area contributed by atoms with E-state index in [1.807, 2.05) is 31.2 Å². The van der Waals surface area contributed by atoms with Crippen LogP contribution >= 0.6 is 24.0 Å². The van der Waals surface area contributed by atoms with Gasteiger partial charge in [0.05, 0.1) is 13.7 Å². The number of aliphatic imine (C=N–C) groups is 1. The molecule has 0 aliphatic carbocycles. The van der Waals surface area contributed by atoms with Crippen molar-refractivity contribution in [3.8, 4) is 5.75 Å². The van der Waals surface area contributed by atoms with Crippen LogP contribution in [-0.2, 0) is 11.3 Å². The third-order valence-corrected chi connectivity index (χ3v) is 2.66. The summed E-state index contributed by atoms with van der Waals surface area (Å²) in [6.07, 6.45) is 0. The van der Waals surface area contributed by atoms with Crippen molar-refractivity contribution in [1.82, 2.24) is 10.6 Å². The molecule has 0 aliphatic heterocycles. The number of nitrogens with one attached hydrogen (secondary N) is 2. The van der Waals surface area contributed by atoms with Gasteiger partial charge in [-0.2, -0.15) is 0 Å². The monoisotopic (exact) mass is 393 g/mol. The molecule has 0 amide bonds. The molecule has 0 saturated heterocycles. The summed E-state index contributed by atoms with van der Waals surface area (Å²) in [4.78, 5) is 4.18. The number of hydrogen-bond acceptors (Lipinski definition) is 3. The number of rotatable bonds is 6. The summed E-state index contributed by atoms with van der Waals surface area (Å²) in [5.74, 6) is 1.62. The fourth-order valence-electron chi connectivity index (χ4n) is 1.75. The van der Waals surface area contributed by atoms with Crippen molar-refractivity contribution in [3.05, 3.63) is 29.8 Å². The second-order valence-corrected chi connectivity index (χ2v) is 4.24. The van der Waals surface area contributed by atoms with Gasteiger partial charge in [-0.15, -0.1) is 24.0 Å². The Morgan fingerprint density at radius 1 is 1.30 bits per heavy atom. The number of nitrogens with zero attached hydrogens (tertiary/aromatic N) is 1. The van der Waals surface area contributed by atoms with Gasteiger partial charge in [-0.1, -0.05) is 18.2 Å². The lowest BCUT2D eigenvalue weighted by Gasteiger charge is -2.17. The molecule has 1 unspecified atom stereocenters. The molecule has 2 N–H and O–H groups in total. The highest BCUT2D eigenvalue weighted by Crippen LogP contribution is 2.16. The molecule has 114 valence electrons. The van der Waals surface area contributed by atoms with Gasteiger partial charge in [0.1, 0.15) is 5.75 Å². The second-order valence-electron chi connectivity index (χ2n) is 4.24. The Labute approximate surface area is 138 Å². The van der Waals surface area contributed by atoms with Crippen molar-refractivity contribution in [2.45, 2.75) is 19.5 Å². The van der Waals surface area contributed by atoms with E-state index in [1.54, 1.807) is 21.3 Å². The van der Waals surface area contributed by atoms with Gasteiger partial charge in [0.15, 0.2) is 5.96 Å². The third-order valence-electron chi connectivity index (χ3n) is 2.66. The Morgan fingerprint density at radius 3 is 2.60 bits per heavy atom. The first-order chi connectivity index (χ1) is 9.21. The number of halogens is 1. The van der Waals surface area contributed by atoms with Gasteiger partial charge < -0.3 is 20.1 Å². The molecule has 0 spiro atoms. The number of hydrogen-bond donors (Lipinski definition) is 2. The Balaban J connectivity index is 0.00000361. The molecule has 1 atom stereocenters. The zero-order valence-corrected chi connectivity index (χ0v) is 14.8. The summed E-state index contributed by atoms with van der Waals surface area (Å²) >= 11 is 0. The molecule has 0 heterocycles. The van der Waals surface area contributed by atoms with Crippen LogP contribution in [-0.4, -0.2) is 39.9 Å². The molecule has 0 aromatic heterocycles. The average molecular weight is 393 g/mol. The highest BCUT2D eigenvalue weighted by Gasteiger charge is 2.06. The van der Waals surface area contributed by atoms with E-state index in [9.17, 15) is 0 Å². The fourth-order valence-corrected chi connectivity index (χ4v) is 1.75. The zero-order valence-electron chi connectivity index (χ0n) is 12.5. The van der Waals surface area contributed by atoms with Gasteiger partial charge in [-0.05, 0) is 13.0 Å². The van der Waals surface area contributed by atoms with Gasteiger partial charge in [0.2, 0.25) is 0 Å². The lowest BCUT2D eigenvalue weighted by atomic mass is 10.2. The molecular formula is C14H24IN3O2. The Hall–Kier alpha value is -1.02. The summed E-state index contributed by atoms with van der Waals surface area (Å²) in [5.41, 5.74) is 1.09. The summed E-state index contributed by atoms with van der Waals surface area (Å²) in [6, 6.07) is 8.12. The van der Waals surface area contributed by atoms with E-state index in [0.717, 1.165) is 17.3 Å². The second kappa shape index (κ2) is 10.7. The van der Waals surface area contributed by atoms with Crippen LogP contribution in [0.5, 0.6) is 5.75 Å². The van der Waals surface area contributed by atoms with Crippen LogP contribution in [0.15, 0.2) is 29.3 Å². The Morgan fingerprint density at radius 2 is 2.00 bits per heavy atom. The molecule has 0 radical (unpaired) electrons. The minimum atomic E-state index is 0. The number of para-hydroxylation sites is 1. The quantitative estimate of drug-likeness (QED) is 0.441. The van der Waals surface area contributed by atoms with Crippen LogP contribution in [0.25, 0.3) is 0 Å². The molecule has 0 fully saturated rings. The zero-order chi connectivity index (χ0) is 14.1. The lowest BCUT2D eigenvalue weighted by molar-refractivity contribution is 0.179. The molecule has 1 aromatic rings. The number of benzene rings is 1. The third kappa shape index (κ3) is 6.42. The van der Waals surface area contributed by atoms with E-state index in [1.165, 1.54) is 0 Å². The summed E-state index contributed by atoms with van der Waals surface area (Å²) < 4.78 is 10.4. The lowest BCUT2D eigenvalue weighted by Crippen LogP contribution is -2.43. The maximum Gasteiger partial charge on any atom is 0.191 e. The number of ether oxygens (including phenoxy) is 2. The standard InChI is InChI=1S/C14H23N3O2.HI/c1-11(10-18-3)17-14(15-2)16-9-12-7-5-6-8-13(12)19-4;/h5-8,11H,9-10H2,1-4H3,(H2,15,16,17);1H. The molecule has 6 heteroatoms. The van der Waals surface area contributed by atoms with Crippen molar-refractivity contribution in [2.75, 3.05) is 27.9 Å². The SMILES string of the molecule is CN=C(NCc1ccccc1OC)NC(C)COC.I. The van der Waals surface area contributed by atoms with Crippen molar-refractivity contribution < 1.29 is 9.47 Å². The van der Waals surface area contributed by atoms with E-state index in [4.69, 9.17) is 9.47 Å². The molecule has 0 aliphatic rings. The Kier molecular flexibility index (Phi) is 10.2. The number of guanidine groups is 1. The Bertz CT molecular complexity index is 413. The first-order valence-corrected chi connectivity index (χ1v) is 6.29. The minimum Gasteiger partial charge on any atom is -0.496 e. The van der Waals surface area contributed by atoms with Crippen LogP contribution in [0.1, 0.15) is 12.5 Å². The maximum atomic E-state index is 5.31. The fraction of sp³-hybridized carbons (Fsp3) is 0.500. The van der Waals surface area contributed by atoms with Gasteiger partial charge >= 0.3 is 0 Å². The van der Waals surface area contributed by atoms with Crippen LogP contribution in [0.4, 0.5) is 0 Å². The first kappa shape index (κ1) is 19.0. The minimum absolute atomic E-state index is 0. The van der Waals surface area contributed by atoms with Gasteiger partial charge in [0, 0.05) is 32.3 Å². The molecule has 5 nitrogen and oxygen atoms in total. The summed E-state index contributed by atoms with van der Waals surface area (Å²) in [6.45, 7) is 3.33. The van der Waals surface area contributed by atoms with Crippen LogP contribution in [0.3, 0.4) is 0 Å². The molecule has 1 rings (SSSR count). The maximum absolute atomic E-state index is 5.31. The topological polar surface area (TPSA) is 54.9 Å². The van der Waals surface area contributed by atoms with Crippen LogP contribution in [0.2, 0.25) is 0 Å². The van der Waals surface area contributed by atoms with Crippen LogP contribution in [0, 0.1) is 0 Å². The summed E-state index contributed by atoms with van der Waals surface area (Å²) in [5, 5.41) is 6.50. The smallest absolute Gasteiger partial charge is 0.191 e. The highest BCUT2D eigenvalue weighted by atomic mass is 127. The van der Waals surface area contributed by atoms with Crippen molar-refractivity contribution in [3.63, 3.8) is 0 Å². The highest BCUT2D eigenvalue weighted by molar-refractivity contribution is 14.0. The average Bonchev–Trinajstić information content (AvgIpc) is 2.44. The first-order valence-electron chi connectivity index (χ1n) is 6.29. The van der Waals surface area contributed by atoms with E-state index in [2.05, 4.69) is 15.6 Å². The predicted molar refractivity (Wildman–Crippen MR) is 93.1 cm³/mol. The number of methoxy groups -OCH3 is 2. The van der Waals surface area contributed by atoms with E-state index in [-0.39, 0.29) is 30.0 Å². The molecule has 20 heavy (non-hydrogen) atoms. The predicted octanol–water partition coefficient (Wildman–Crippen LogP) is 2.01. The largest absolute Gasteiger partial charge is 0.496 e. The molecular weight excluding hydrogens is 369 g/mol.